The van der Waals surface area contributed by atoms with Crippen LogP contribution < -0.4 is 20.1 Å². The lowest BCUT2D eigenvalue weighted by Gasteiger charge is -2.15. The Kier molecular flexibility index (Phi) is 6.24. The third-order valence-electron chi connectivity index (χ3n) is 4.33. The topological polar surface area (TPSA) is 68.3 Å². The minimum Gasteiger partial charge on any atom is -0.406 e. The van der Waals surface area contributed by atoms with Gasteiger partial charge in [-0.1, -0.05) is 0 Å². The second kappa shape index (κ2) is 9.16. The molecule has 0 radical (unpaired) electrons. The number of alkyl halides is 6. The molecule has 1 aromatic heterocycles. The Morgan fingerprint density at radius 2 is 1.00 bits per heavy atom. The van der Waals surface area contributed by atoms with Gasteiger partial charge in [-0.2, -0.15) is 0 Å². The van der Waals surface area contributed by atoms with Crippen molar-refractivity contribution in [3.8, 4) is 11.5 Å². The number of nitrogens with zero attached hydrogens (tertiary/aromatic N) is 2. The zero-order valence-electron chi connectivity index (χ0n) is 17.2. The highest BCUT2D eigenvalue weighted by molar-refractivity contribution is 5.83. The van der Waals surface area contributed by atoms with Gasteiger partial charge >= 0.3 is 12.7 Å². The molecular weight excluding hydrogens is 485 g/mol. The number of benzene rings is 3. The minimum absolute atomic E-state index is 0.0724. The summed E-state index contributed by atoms with van der Waals surface area (Å²) in [6.07, 6.45) is -9.69. The van der Waals surface area contributed by atoms with Crippen molar-refractivity contribution in [3.05, 3.63) is 72.5 Å². The van der Waals surface area contributed by atoms with Gasteiger partial charge in [0.2, 0.25) is 0 Å². The van der Waals surface area contributed by atoms with E-state index < -0.39 is 30.0 Å². The number of anilines is 4. The minimum atomic E-state index is -4.85. The van der Waals surface area contributed by atoms with Gasteiger partial charge in [-0.3, -0.25) is 0 Å². The summed E-state index contributed by atoms with van der Waals surface area (Å²) in [7, 11) is 0. The summed E-state index contributed by atoms with van der Waals surface area (Å²) in [4.78, 5) is 8.68. The van der Waals surface area contributed by atoms with Gasteiger partial charge < -0.3 is 20.1 Å². The fourth-order valence-electron chi connectivity index (χ4n) is 2.96. The Balaban J connectivity index is 1.63. The van der Waals surface area contributed by atoms with Crippen LogP contribution in [0.4, 0.5) is 53.7 Å². The fraction of sp³-hybridized carbons (Fsp3) is 0.0909. The van der Waals surface area contributed by atoms with Crippen LogP contribution >= 0.6 is 0 Å². The Morgan fingerprint density at radius 1 is 0.571 bits per heavy atom. The normalized spacial score (nSPS) is 11.9. The zero-order chi connectivity index (χ0) is 25.2. The first-order valence-corrected chi connectivity index (χ1v) is 9.66. The average molecular weight is 498 g/mol. The molecule has 0 saturated carbocycles. The summed E-state index contributed by atoms with van der Waals surface area (Å²) in [6, 6.07) is 13.3. The van der Waals surface area contributed by atoms with Crippen molar-refractivity contribution in [2.24, 2.45) is 0 Å². The van der Waals surface area contributed by atoms with Crippen molar-refractivity contribution in [2.75, 3.05) is 10.6 Å². The second-order valence-corrected chi connectivity index (χ2v) is 6.95. The molecule has 182 valence electrons. The Labute approximate surface area is 192 Å². The van der Waals surface area contributed by atoms with Gasteiger partial charge in [-0.05, 0) is 60.7 Å². The summed E-state index contributed by atoms with van der Waals surface area (Å²) in [5, 5.41) is 5.76. The van der Waals surface area contributed by atoms with Crippen molar-refractivity contribution in [1.82, 2.24) is 9.97 Å². The number of hydrogen-bond donors (Lipinski definition) is 2. The summed E-state index contributed by atoms with van der Waals surface area (Å²) in [6.45, 7) is 0. The smallest absolute Gasteiger partial charge is 0.406 e. The molecule has 1 heterocycles. The molecule has 0 amide bonds. The lowest BCUT2D eigenvalue weighted by Crippen LogP contribution is -2.17. The first-order chi connectivity index (χ1) is 16.4. The maximum atomic E-state index is 13.7. The van der Waals surface area contributed by atoms with Gasteiger partial charge in [-0.15, -0.1) is 26.3 Å². The van der Waals surface area contributed by atoms with Crippen molar-refractivity contribution in [1.29, 1.82) is 0 Å². The van der Waals surface area contributed by atoms with Crippen molar-refractivity contribution >= 4 is 34.0 Å². The molecule has 0 aliphatic heterocycles. The molecule has 0 atom stereocenters. The molecule has 2 N–H and O–H groups in total. The number of rotatable bonds is 6. The van der Waals surface area contributed by atoms with E-state index in [-0.39, 0.29) is 17.2 Å². The predicted octanol–water partition coefficient (Wildman–Crippen LogP) is 7.05. The summed E-state index contributed by atoms with van der Waals surface area (Å²) in [5.74, 6) is -1.24. The van der Waals surface area contributed by atoms with E-state index in [9.17, 15) is 30.7 Å². The Morgan fingerprint density at radius 3 is 1.43 bits per heavy atom. The monoisotopic (exact) mass is 498 g/mol. The summed E-state index contributed by atoms with van der Waals surface area (Å²) < 4.78 is 95.6. The van der Waals surface area contributed by atoms with Crippen LogP contribution in [0.3, 0.4) is 0 Å². The molecule has 0 saturated heterocycles. The molecule has 4 rings (SSSR count). The lowest BCUT2D eigenvalue weighted by atomic mass is 10.2. The fourth-order valence-corrected chi connectivity index (χ4v) is 2.96. The molecule has 35 heavy (non-hydrogen) atoms. The van der Waals surface area contributed by atoms with E-state index in [1.54, 1.807) is 0 Å². The quantitative estimate of drug-likeness (QED) is 0.278. The van der Waals surface area contributed by atoms with E-state index in [0.29, 0.717) is 16.9 Å². The van der Waals surface area contributed by atoms with Crippen LogP contribution in [0.5, 0.6) is 11.5 Å². The van der Waals surface area contributed by atoms with E-state index in [2.05, 4.69) is 30.1 Å². The first-order valence-electron chi connectivity index (χ1n) is 9.66. The average Bonchev–Trinajstić information content (AvgIpc) is 2.75. The molecule has 6 nitrogen and oxygen atoms in total. The number of fused-ring (bicyclic) bond motifs is 1. The number of halogens is 7. The van der Waals surface area contributed by atoms with E-state index >= 15 is 0 Å². The first kappa shape index (κ1) is 23.9. The van der Waals surface area contributed by atoms with E-state index in [1.807, 2.05) is 0 Å². The largest absolute Gasteiger partial charge is 0.573 e. The number of hydrogen-bond acceptors (Lipinski definition) is 6. The van der Waals surface area contributed by atoms with E-state index in [0.717, 1.165) is 30.3 Å². The van der Waals surface area contributed by atoms with Crippen molar-refractivity contribution < 1.29 is 40.2 Å². The third kappa shape index (κ3) is 6.62. The molecule has 0 unspecified atom stereocenters. The number of ether oxygens (including phenoxy) is 2. The van der Waals surface area contributed by atoms with Crippen LogP contribution in [0.15, 0.2) is 66.7 Å². The Hall–Kier alpha value is -4.29. The molecular formula is C22H13F7N4O2. The molecule has 13 heteroatoms. The van der Waals surface area contributed by atoms with E-state index in [1.165, 1.54) is 36.4 Å². The number of nitrogens with one attached hydrogen (secondary N) is 2. The van der Waals surface area contributed by atoms with Crippen LogP contribution in [-0.2, 0) is 0 Å². The van der Waals surface area contributed by atoms with Gasteiger partial charge in [0.1, 0.15) is 17.3 Å². The number of aromatic nitrogens is 2. The van der Waals surface area contributed by atoms with Gasteiger partial charge in [0.05, 0.1) is 11.0 Å². The highest BCUT2D eigenvalue weighted by atomic mass is 19.4. The van der Waals surface area contributed by atoms with Crippen LogP contribution in [0.2, 0.25) is 0 Å². The van der Waals surface area contributed by atoms with Crippen molar-refractivity contribution in [2.45, 2.75) is 12.7 Å². The van der Waals surface area contributed by atoms with Gasteiger partial charge in [0.15, 0.2) is 11.6 Å². The molecule has 0 aliphatic rings. The third-order valence-corrected chi connectivity index (χ3v) is 4.33. The maximum Gasteiger partial charge on any atom is 0.573 e. The SMILES string of the molecule is Fc1ccc2nc(Nc3ccc(OC(F)(F)F)cc3)c(Nc3ccc(OC(F)(F)F)cc3)nc2c1. The molecule has 0 spiro atoms. The Bertz CT molecular complexity index is 1330. The van der Waals surface area contributed by atoms with Gasteiger partial charge in [0.25, 0.3) is 0 Å². The highest BCUT2D eigenvalue weighted by Gasteiger charge is 2.31. The van der Waals surface area contributed by atoms with Crippen LogP contribution in [0, 0.1) is 5.82 Å². The van der Waals surface area contributed by atoms with E-state index in [4.69, 9.17) is 0 Å². The van der Waals surface area contributed by atoms with Crippen LogP contribution in [-0.4, -0.2) is 22.7 Å². The molecule has 3 aromatic carbocycles. The van der Waals surface area contributed by atoms with Crippen LogP contribution in [0.25, 0.3) is 11.0 Å². The zero-order valence-corrected chi connectivity index (χ0v) is 17.2. The predicted molar refractivity (Wildman–Crippen MR) is 112 cm³/mol. The summed E-state index contributed by atoms with van der Waals surface area (Å²) >= 11 is 0. The highest BCUT2D eigenvalue weighted by Crippen LogP contribution is 2.31. The second-order valence-electron chi connectivity index (χ2n) is 6.95. The molecule has 4 aromatic rings. The maximum absolute atomic E-state index is 13.7. The molecule has 0 bridgehead atoms. The summed E-state index contributed by atoms with van der Waals surface area (Å²) in [5.41, 5.74) is 1.13. The molecule has 0 aliphatic carbocycles. The van der Waals surface area contributed by atoms with Gasteiger partial charge in [0, 0.05) is 17.4 Å². The standard InChI is InChI=1S/C22H13F7N4O2/c23-12-1-10-17-18(11-12)33-20(31-14-4-8-16(9-5-14)35-22(27,28)29)19(32-17)30-13-2-6-15(7-3-13)34-21(24,25)26/h1-11H,(H,30,32)(H,31,33). The molecule has 0 fully saturated rings. The van der Waals surface area contributed by atoms with Gasteiger partial charge in [-0.25, -0.2) is 14.4 Å². The lowest BCUT2D eigenvalue weighted by molar-refractivity contribution is -0.275. The van der Waals surface area contributed by atoms with Crippen LogP contribution in [0.1, 0.15) is 0 Å². The van der Waals surface area contributed by atoms with Crippen molar-refractivity contribution in [3.63, 3.8) is 0 Å².